The fraction of sp³-hybridized carbons (Fsp3) is 0.231. The molecule has 0 aliphatic carbocycles. The van der Waals surface area contributed by atoms with E-state index in [-0.39, 0.29) is 25.0 Å². The van der Waals surface area contributed by atoms with E-state index in [9.17, 15) is 9.59 Å². The van der Waals surface area contributed by atoms with Crippen molar-refractivity contribution in [1.82, 2.24) is 4.90 Å². The first-order chi connectivity index (χ1) is 8.15. The Balaban J connectivity index is 2.25. The van der Waals surface area contributed by atoms with Gasteiger partial charge < -0.3 is 5.11 Å². The summed E-state index contributed by atoms with van der Waals surface area (Å²) in [7, 11) is 0. The summed E-state index contributed by atoms with van der Waals surface area (Å²) in [5.41, 5.74) is 1.64. The molecule has 0 saturated carbocycles. The Kier molecular flexibility index (Phi) is 3.06. The monoisotopic (exact) mass is 231 g/mol. The Hall–Kier alpha value is -1.94. The summed E-state index contributed by atoms with van der Waals surface area (Å²) in [4.78, 5) is 25.0. The minimum atomic E-state index is -0.271. The van der Waals surface area contributed by atoms with Gasteiger partial charge in [0, 0.05) is 6.54 Å². The summed E-state index contributed by atoms with van der Waals surface area (Å²) in [6.45, 7) is 1.89. The molecule has 17 heavy (non-hydrogen) atoms. The molecule has 0 bridgehead atoms. The van der Waals surface area contributed by atoms with Crippen LogP contribution in [0, 0.1) is 0 Å². The molecule has 0 spiro atoms. The molecule has 4 heteroatoms. The quantitative estimate of drug-likeness (QED) is 0.628. The SMILES string of the molecule is C/C(=C/CN1C(=O)c2ccccc2C1=O)CO. The van der Waals surface area contributed by atoms with E-state index in [1.54, 1.807) is 37.3 Å². The fourth-order valence-corrected chi connectivity index (χ4v) is 1.72. The van der Waals surface area contributed by atoms with Crippen molar-refractivity contribution in [3.63, 3.8) is 0 Å². The first kappa shape index (κ1) is 11.5. The minimum absolute atomic E-state index is 0.0663. The van der Waals surface area contributed by atoms with Crippen molar-refractivity contribution < 1.29 is 14.7 Å². The zero-order valence-electron chi connectivity index (χ0n) is 9.51. The highest BCUT2D eigenvalue weighted by atomic mass is 16.3. The molecule has 2 rings (SSSR count). The molecule has 88 valence electrons. The molecule has 0 aromatic heterocycles. The topological polar surface area (TPSA) is 57.6 Å². The van der Waals surface area contributed by atoms with E-state index in [1.165, 1.54) is 4.90 Å². The Bertz CT molecular complexity index is 470. The molecule has 1 aliphatic heterocycles. The maximum atomic E-state index is 11.9. The first-order valence-corrected chi connectivity index (χ1v) is 5.37. The summed E-state index contributed by atoms with van der Waals surface area (Å²) in [5, 5.41) is 8.86. The second kappa shape index (κ2) is 4.51. The maximum Gasteiger partial charge on any atom is 0.261 e. The van der Waals surface area contributed by atoms with Gasteiger partial charge in [-0.1, -0.05) is 23.8 Å². The molecule has 0 atom stereocenters. The van der Waals surface area contributed by atoms with Crippen LogP contribution in [0.1, 0.15) is 27.6 Å². The van der Waals surface area contributed by atoms with Crippen molar-refractivity contribution in [2.45, 2.75) is 6.92 Å². The maximum absolute atomic E-state index is 11.9. The van der Waals surface area contributed by atoms with E-state index in [0.29, 0.717) is 11.1 Å². The van der Waals surface area contributed by atoms with Gasteiger partial charge in [0.15, 0.2) is 0 Å². The number of benzene rings is 1. The summed E-state index contributed by atoms with van der Waals surface area (Å²) >= 11 is 0. The number of hydrogen-bond acceptors (Lipinski definition) is 3. The number of imide groups is 1. The van der Waals surface area contributed by atoms with E-state index in [2.05, 4.69) is 0 Å². The summed E-state index contributed by atoms with van der Waals surface area (Å²) in [5.74, 6) is -0.542. The molecule has 2 amide bonds. The fourth-order valence-electron chi connectivity index (χ4n) is 1.72. The molecule has 0 unspecified atom stereocenters. The van der Waals surface area contributed by atoms with Gasteiger partial charge in [-0.2, -0.15) is 0 Å². The van der Waals surface area contributed by atoms with Crippen LogP contribution in [-0.4, -0.2) is 35.0 Å². The highest BCUT2D eigenvalue weighted by Crippen LogP contribution is 2.22. The number of carbonyl (C=O) groups is 2. The predicted molar refractivity (Wildman–Crippen MR) is 62.7 cm³/mol. The second-order valence-corrected chi connectivity index (χ2v) is 3.98. The average molecular weight is 231 g/mol. The van der Waals surface area contributed by atoms with Gasteiger partial charge in [0.25, 0.3) is 11.8 Å². The van der Waals surface area contributed by atoms with Crippen molar-refractivity contribution in [2.24, 2.45) is 0 Å². The molecule has 1 heterocycles. The van der Waals surface area contributed by atoms with E-state index in [1.807, 2.05) is 0 Å². The van der Waals surface area contributed by atoms with Crippen LogP contribution in [-0.2, 0) is 0 Å². The number of carbonyl (C=O) groups excluding carboxylic acids is 2. The van der Waals surface area contributed by atoms with Crippen LogP contribution >= 0.6 is 0 Å². The number of amides is 2. The highest BCUT2D eigenvalue weighted by molar-refractivity contribution is 6.21. The van der Waals surface area contributed by atoms with Gasteiger partial charge >= 0.3 is 0 Å². The van der Waals surface area contributed by atoms with E-state index >= 15 is 0 Å². The molecule has 0 fully saturated rings. The molecule has 1 aliphatic rings. The third kappa shape index (κ3) is 1.99. The zero-order valence-corrected chi connectivity index (χ0v) is 9.51. The molecular formula is C13H13NO3. The summed E-state index contributed by atoms with van der Waals surface area (Å²) in [6, 6.07) is 6.78. The van der Waals surface area contributed by atoms with Crippen molar-refractivity contribution in [2.75, 3.05) is 13.2 Å². The van der Waals surface area contributed by atoms with Crippen molar-refractivity contribution in [3.8, 4) is 0 Å². The van der Waals surface area contributed by atoms with Gasteiger partial charge in [-0.25, -0.2) is 0 Å². The van der Waals surface area contributed by atoms with Crippen molar-refractivity contribution in [1.29, 1.82) is 0 Å². The molecule has 1 aromatic rings. The number of aliphatic hydroxyl groups is 1. The van der Waals surface area contributed by atoms with E-state index < -0.39 is 0 Å². The first-order valence-electron chi connectivity index (χ1n) is 5.37. The van der Waals surface area contributed by atoms with Crippen LogP contribution in [0.15, 0.2) is 35.9 Å². The molecule has 4 nitrogen and oxygen atoms in total. The van der Waals surface area contributed by atoms with Crippen molar-refractivity contribution in [3.05, 3.63) is 47.0 Å². The second-order valence-electron chi connectivity index (χ2n) is 3.98. The van der Waals surface area contributed by atoms with Gasteiger partial charge in [-0.15, -0.1) is 0 Å². The van der Waals surface area contributed by atoms with Gasteiger partial charge in [0.05, 0.1) is 17.7 Å². The van der Waals surface area contributed by atoms with Crippen LogP contribution in [0.25, 0.3) is 0 Å². The molecule has 1 aromatic carbocycles. The average Bonchev–Trinajstić information content (AvgIpc) is 2.60. The summed E-state index contributed by atoms with van der Waals surface area (Å²) < 4.78 is 0. The van der Waals surface area contributed by atoms with Crippen LogP contribution < -0.4 is 0 Å². The van der Waals surface area contributed by atoms with Crippen LogP contribution in [0.5, 0.6) is 0 Å². The minimum Gasteiger partial charge on any atom is -0.392 e. The lowest BCUT2D eigenvalue weighted by molar-refractivity contribution is 0.0671. The molecule has 1 N–H and O–H groups in total. The lowest BCUT2D eigenvalue weighted by Gasteiger charge is -2.11. The number of rotatable bonds is 3. The zero-order chi connectivity index (χ0) is 12.4. The number of nitrogens with zero attached hydrogens (tertiary/aromatic N) is 1. The van der Waals surface area contributed by atoms with Gasteiger partial charge in [0.1, 0.15) is 0 Å². The molecule has 0 radical (unpaired) electrons. The Morgan fingerprint density at radius 3 is 2.24 bits per heavy atom. The lowest BCUT2D eigenvalue weighted by Crippen LogP contribution is -2.30. The Morgan fingerprint density at radius 1 is 1.24 bits per heavy atom. The molecule has 0 saturated heterocycles. The standard InChI is InChI=1S/C13H13NO3/c1-9(8-15)6-7-14-12(16)10-4-2-3-5-11(10)13(14)17/h2-6,15H,7-8H2,1H3/b9-6-. The normalized spacial score (nSPS) is 15.4. The van der Waals surface area contributed by atoms with Crippen LogP contribution in [0.2, 0.25) is 0 Å². The highest BCUT2D eigenvalue weighted by Gasteiger charge is 2.34. The lowest BCUT2D eigenvalue weighted by atomic mass is 10.1. The largest absolute Gasteiger partial charge is 0.392 e. The Morgan fingerprint density at radius 2 is 1.76 bits per heavy atom. The van der Waals surface area contributed by atoms with Gasteiger partial charge in [0.2, 0.25) is 0 Å². The third-order valence-corrected chi connectivity index (χ3v) is 2.75. The number of aliphatic hydroxyl groups excluding tert-OH is 1. The van der Waals surface area contributed by atoms with E-state index in [0.717, 1.165) is 5.57 Å². The smallest absolute Gasteiger partial charge is 0.261 e. The molecular weight excluding hydrogens is 218 g/mol. The Labute approximate surface area is 99.2 Å². The van der Waals surface area contributed by atoms with E-state index in [4.69, 9.17) is 5.11 Å². The summed E-state index contributed by atoms with van der Waals surface area (Å²) in [6.07, 6.45) is 1.68. The van der Waals surface area contributed by atoms with Crippen LogP contribution in [0.4, 0.5) is 0 Å². The van der Waals surface area contributed by atoms with Crippen molar-refractivity contribution >= 4 is 11.8 Å². The van der Waals surface area contributed by atoms with Gasteiger partial charge in [-0.05, 0) is 19.1 Å². The number of fused-ring (bicyclic) bond motifs is 1. The van der Waals surface area contributed by atoms with Crippen LogP contribution in [0.3, 0.4) is 0 Å². The van der Waals surface area contributed by atoms with Gasteiger partial charge in [-0.3, -0.25) is 14.5 Å². The third-order valence-electron chi connectivity index (χ3n) is 2.75. The predicted octanol–water partition coefficient (Wildman–Crippen LogP) is 1.22. The number of hydrogen-bond donors (Lipinski definition) is 1.